The highest BCUT2D eigenvalue weighted by atomic mass is 16.3. The molecule has 49 heavy (non-hydrogen) atoms. The summed E-state index contributed by atoms with van der Waals surface area (Å²) in [5.41, 5.74) is 10.3. The summed E-state index contributed by atoms with van der Waals surface area (Å²) in [5, 5.41) is 1.05. The molecule has 0 aliphatic carbocycles. The first kappa shape index (κ1) is 27.3. The van der Waals surface area contributed by atoms with Crippen LogP contribution in [0.2, 0.25) is 0 Å². The highest BCUT2D eigenvalue weighted by Gasteiger charge is 2.23. The molecule has 0 bridgehead atoms. The normalized spacial score (nSPS) is 11.7. The van der Waals surface area contributed by atoms with E-state index in [1.165, 1.54) is 0 Å². The van der Waals surface area contributed by atoms with Crippen molar-refractivity contribution < 1.29 is 4.42 Å². The maximum absolute atomic E-state index is 6.45. The van der Waals surface area contributed by atoms with Crippen LogP contribution in [0.3, 0.4) is 0 Å². The van der Waals surface area contributed by atoms with Gasteiger partial charge in [-0.25, -0.2) is 24.5 Å². The summed E-state index contributed by atoms with van der Waals surface area (Å²) in [5.74, 6) is 2.66. The Morgan fingerprint density at radius 2 is 1.06 bits per heavy atom. The Balaban J connectivity index is 1.18. The smallest absolute Gasteiger partial charge is 0.232 e. The largest absolute Gasteiger partial charge is 0.437 e. The second-order valence-corrected chi connectivity index (χ2v) is 12.0. The van der Waals surface area contributed by atoms with Gasteiger partial charge >= 0.3 is 0 Å². The predicted molar refractivity (Wildman–Crippen MR) is 194 cm³/mol. The lowest BCUT2D eigenvalue weighted by molar-refractivity contribution is 0.645. The van der Waals surface area contributed by atoms with Crippen molar-refractivity contribution in [3.05, 3.63) is 158 Å². The molecule has 7 heteroatoms. The van der Waals surface area contributed by atoms with E-state index in [1.807, 2.05) is 103 Å². The summed E-state index contributed by atoms with van der Waals surface area (Å²) in [6, 6.07) is 53.2. The number of hydrogen-bond donors (Lipinski definition) is 0. The number of aromatic nitrogens is 6. The second kappa shape index (κ2) is 10.9. The van der Waals surface area contributed by atoms with E-state index in [-0.39, 0.29) is 0 Å². The van der Waals surface area contributed by atoms with E-state index in [0.29, 0.717) is 17.5 Å². The number of nitrogens with zero attached hydrogens (tertiary/aromatic N) is 6. The molecule has 0 atom stereocenters. The van der Waals surface area contributed by atoms with Gasteiger partial charge in [-0.15, -0.1) is 0 Å². The highest BCUT2D eigenvalue weighted by molar-refractivity contribution is 6.06. The quantitative estimate of drug-likeness (QED) is 0.189. The zero-order valence-electron chi connectivity index (χ0n) is 26.1. The molecule has 4 aromatic heterocycles. The molecule has 0 saturated heterocycles. The van der Waals surface area contributed by atoms with E-state index in [9.17, 15) is 0 Å². The molecule has 0 amide bonds. The molecule has 230 valence electrons. The third-order valence-corrected chi connectivity index (χ3v) is 9.01. The van der Waals surface area contributed by atoms with Crippen LogP contribution >= 0.6 is 0 Å². The zero-order chi connectivity index (χ0) is 32.3. The first-order valence-corrected chi connectivity index (χ1v) is 16.2. The van der Waals surface area contributed by atoms with Crippen molar-refractivity contribution in [1.29, 1.82) is 0 Å². The maximum Gasteiger partial charge on any atom is 0.232 e. The minimum atomic E-state index is 0.612. The van der Waals surface area contributed by atoms with Gasteiger partial charge in [-0.3, -0.25) is 4.40 Å². The third-order valence-electron chi connectivity index (χ3n) is 9.01. The first-order chi connectivity index (χ1) is 24.3. The summed E-state index contributed by atoms with van der Waals surface area (Å²) in [4.78, 5) is 20.2. The summed E-state index contributed by atoms with van der Waals surface area (Å²) in [6.07, 6.45) is 0. The van der Waals surface area contributed by atoms with Crippen molar-refractivity contribution in [2.45, 2.75) is 0 Å². The Bertz CT molecular complexity index is 2760. The van der Waals surface area contributed by atoms with Crippen LogP contribution in [0.25, 0.3) is 90.0 Å². The van der Waals surface area contributed by atoms with Crippen LogP contribution in [0, 0.1) is 0 Å². The number of benzene rings is 6. The van der Waals surface area contributed by atoms with Gasteiger partial charge in [-0.05, 0) is 47.5 Å². The Labute approximate surface area is 280 Å². The molecular formula is C42H26N6O. The molecule has 6 aromatic carbocycles. The van der Waals surface area contributed by atoms with Gasteiger partial charge in [0.25, 0.3) is 0 Å². The van der Waals surface area contributed by atoms with Gasteiger partial charge < -0.3 is 4.42 Å². The minimum Gasteiger partial charge on any atom is -0.437 e. The molecule has 0 saturated carbocycles. The van der Waals surface area contributed by atoms with E-state index < -0.39 is 0 Å². The number of para-hydroxylation sites is 2. The second-order valence-electron chi connectivity index (χ2n) is 12.0. The first-order valence-electron chi connectivity index (χ1n) is 16.2. The molecule has 0 fully saturated rings. The maximum atomic E-state index is 6.45. The van der Waals surface area contributed by atoms with Gasteiger partial charge in [0.15, 0.2) is 17.5 Å². The van der Waals surface area contributed by atoms with E-state index in [2.05, 4.69) is 63.6 Å². The Hall–Kier alpha value is -6.86. The van der Waals surface area contributed by atoms with Crippen LogP contribution in [-0.2, 0) is 0 Å². The van der Waals surface area contributed by atoms with Crippen LogP contribution in [0.1, 0.15) is 0 Å². The van der Waals surface area contributed by atoms with Crippen molar-refractivity contribution in [1.82, 2.24) is 28.9 Å². The fourth-order valence-electron chi connectivity index (χ4n) is 6.75. The van der Waals surface area contributed by atoms with Crippen LogP contribution in [0.4, 0.5) is 0 Å². The SMILES string of the molecule is c1ccc(-c2nc(-c3ccccc3)nc(-c3ccccc3-c3ccc4c(c3)nc3n(-c5ccccc5)c5oc6ccccc6c5n43)n2)cc1. The van der Waals surface area contributed by atoms with Crippen molar-refractivity contribution in [2.75, 3.05) is 0 Å². The third kappa shape index (κ3) is 4.37. The molecule has 4 heterocycles. The lowest BCUT2D eigenvalue weighted by Crippen LogP contribution is -2.01. The van der Waals surface area contributed by atoms with E-state index >= 15 is 0 Å². The van der Waals surface area contributed by atoms with E-state index in [1.54, 1.807) is 0 Å². The van der Waals surface area contributed by atoms with Crippen molar-refractivity contribution in [3.63, 3.8) is 0 Å². The Morgan fingerprint density at radius 1 is 0.469 bits per heavy atom. The van der Waals surface area contributed by atoms with Gasteiger partial charge in [0, 0.05) is 22.1 Å². The van der Waals surface area contributed by atoms with Crippen molar-refractivity contribution in [2.24, 2.45) is 0 Å². The van der Waals surface area contributed by atoms with Gasteiger partial charge in [0.05, 0.1) is 16.7 Å². The molecule has 10 rings (SSSR count). The molecule has 10 aromatic rings. The lowest BCUT2D eigenvalue weighted by atomic mass is 9.98. The van der Waals surface area contributed by atoms with E-state index in [0.717, 1.165) is 72.5 Å². The zero-order valence-corrected chi connectivity index (χ0v) is 26.1. The highest BCUT2D eigenvalue weighted by Crippen LogP contribution is 2.38. The van der Waals surface area contributed by atoms with Crippen molar-refractivity contribution >= 4 is 39.0 Å². The fourth-order valence-corrected chi connectivity index (χ4v) is 6.75. The van der Waals surface area contributed by atoms with Gasteiger partial charge in [0.2, 0.25) is 11.5 Å². The predicted octanol–water partition coefficient (Wildman–Crippen LogP) is 10.0. The monoisotopic (exact) mass is 630 g/mol. The molecule has 0 aliphatic rings. The average Bonchev–Trinajstić information content (AvgIpc) is 3.82. The molecule has 0 aliphatic heterocycles. The number of rotatable bonds is 5. The van der Waals surface area contributed by atoms with Crippen LogP contribution in [0.15, 0.2) is 162 Å². The Morgan fingerprint density at radius 3 is 1.78 bits per heavy atom. The number of fused-ring (bicyclic) bond motifs is 7. The summed E-state index contributed by atoms with van der Waals surface area (Å²) < 4.78 is 10.8. The fraction of sp³-hybridized carbons (Fsp3) is 0. The standard InChI is InChI=1S/C42H26N6O/c1-4-14-27(15-5-1)38-44-39(28-16-6-2-7-17-28)46-40(45-38)32-21-11-10-20-31(32)29-24-25-35-34(26-29)43-42-47(30-18-8-3-9-19-30)41-37(48(35)42)33-22-12-13-23-36(33)49-41/h1-26H. The van der Waals surface area contributed by atoms with Crippen LogP contribution in [-0.4, -0.2) is 28.9 Å². The minimum absolute atomic E-state index is 0.612. The molecule has 0 unspecified atom stereocenters. The molecule has 0 spiro atoms. The summed E-state index contributed by atoms with van der Waals surface area (Å²) in [7, 11) is 0. The summed E-state index contributed by atoms with van der Waals surface area (Å²) >= 11 is 0. The van der Waals surface area contributed by atoms with Crippen LogP contribution in [0.5, 0.6) is 0 Å². The Kier molecular flexibility index (Phi) is 6.04. The van der Waals surface area contributed by atoms with E-state index in [4.69, 9.17) is 24.4 Å². The number of furan rings is 1. The topological polar surface area (TPSA) is 74.0 Å². The van der Waals surface area contributed by atoms with Gasteiger partial charge in [0.1, 0.15) is 11.1 Å². The van der Waals surface area contributed by atoms with Crippen LogP contribution < -0.4 is 0 Å². The van der Waals surface area contributed by atoms with Gasteiger partial charge in [-0.2, -0.15) is 0 Å². The number of imidazole rings is 2. The average molecular weight is 631 g/mol. The molecule has 0 radical (unpaired) electrons. The molecule has 0 N–H and O–H groups in total. The van der Waals surface area contributed by atoms with Gasteiger partial charge in [-0.1, -0.05) is 121 Å². The van der Waals surface area contributed by atoms with Crippen molar-refractivity contribution in [3.8, 4) is 51.0 Å². The number of hydrogen-bond acceptors (Lipinski definition) is 5. The summed E-state index contributed by atoms with van der Waals surface area (Å²) in [6.45, 7) is 0. The lowest BCUT2D eigenvalue weighted by Gasteiger charge is -2.12. The molecular weight excluding hydrogens is 605 g/mol. The molecule has 7 nitrogen and oxygen atoms in total.